The molecule has 1 aromatic heterocycles. The highest BCUT2D eigenvalue weighted by Gasteiger charge is 2.22. The molecule has 1 aromatic carbocycles. The Bertz CT molecular complexity index is 647. The number of rotatable bonds is 6. The number of hydrogen-bond donors (Lipinski definition) is 3. The molecular formula is C17H20N2O3. The summed E-state index contributed by atoms with van der Waals surface area (Å²) in [5, 5.41) is 11.7. The van der Waals surface area contributed by atoms with Crippen LogP contribution in [0.5, 0.6) is 0 Å². The number of amides is 1. The lowest BCUT2D eigenvalue weighted by Gasteiger charge is -2.15. The van der Waals surface area contributed by atoms with Crippen LogP contribution in [0.25, 0.3) is 11.3 Å². The van der Waals surface area contributed by atoms with Gasteiger partial charge in [0.25, 0.3) is 5.91 Å². The van der Waals surface area contributed by atoms with Crippen molar-refractivity contribution in [3.63, 3.8) is 0 Å². The van der Waals surface area contributed by atoms with Gasteiger partial charge in [-0.05, 0) is 30.0 Å². The SMILES string of the molecule is CC(C)CC(NC(=O)c1ccc(-c2ccccc2)[nH]1)C(=O)O. The fourth-order valence-corrected chi connectivity index (χ4v) is 2.24. The fraction of sp³-hybridized carbons (Fsp3) is 0.294. The molecule has 0 bridgehead atoms. The van der Waals surface area contributed by atoms with E-state index in [9.17, 15) is 14.7 Å². The largest absolute Gasteiger partial charge is 0.480 e. The molecule has 0 spiro atoms. The van der Waals surface area contributed by atoms with Crippen LogP contribution in [0.15, 0.2) is 42.5 Å². The van der Waals surface area contributed by atoms with Gasteiger partial charge in [0.05, 0.1) is 0 Å². The van der Waals surface area contributed by atoms with Gasteiger partial charge in [-0.15, -0.1) is 0 Å². The van der Waals surface area contributed by atoms with Crippen LogP contribution in [0, 0.1) is 5.92 Å². The summed E-state index contributed by atoms with van der Waals surface area (Å²) in [6, 6.07) is 12.2. The smallest absolute Gasteiger partial charge is 0.326 e. The predicted octanol–water partition coefficient (Wildman–Crippen LogP) is 2.91. The second-order valence-electron chi connectivity index (χ2n) is 5.65. The molecule has 0 aliphatic carbocycles. The van der Waals surface area contributed by atoms with Gasteiger partial charge in [-0.3, -0.25) is 4.79 Å². The summed E-state index contributed by atoms with van der Waals surface area (Å²) in [6.45, 7) is 3.84. The molecule has 0 fully saturated rings. The summed E-state index contributed by atoms with van der Waals surface area (Å²) in [4.78, 5) is 26.4. The molecule has 0 saturated carbocycles. The Balaban J connectivity index is 2.10. The van der Waals surface area contributed by atoms with Crippen molar-refractivity contribution < 1.29 is 14.7 Å². The number of carbonyl (C=O) groups excluding carboxylic acids is 1. The van der Waals surface area contributed by atoms with Crippen LogP contribution >= 0.6 is 0 Å². The van der Waals surface area contributed by atoms with Crippen molar-refractivity contribution in [2.45, 2.75) is 26.3 Å². The van der Waals surface area contributed by atoms with Gasteiger partial charge in [-0.25, -0.2) is 4.79 Å². The van der Waals surface area contributed by atoms with E-state index >= 15 is 0 Å². The van der Waals surface area contributed by atoms with Crippen LogP contribution in [-0.2, 0) is 4.79 Å². The van der Waals surface area contributed by atoms with Crippen molar-refractivity contribution in [2.75, 3.05) is 0 Å². The number of carboxylic acid groups (broad SMARTS) is 1. The molecule has 5 heteroatoms. The monoisotopic (exact) mass is 300 g/mol. The molecule has 5 nitrogen and oxygen atoms in total. The lowest BCUT2D eigenvalue weighted by Crippen LogP contribution is -2.41. The molecule has 1 heterocycles. The minimum absolute atomic E-state index is 0.185. The average Bonchev–Trinajstić information content (AvgIpc) is 2.96. The predicted molar refractivity (Wildman–Crippen MR) is 84.6 cm³/mol. The van der Waals surface area contributed by atoms with E-state index in [1.54, 1.807) is 6.07 Å². The van der Waals surface area contributed by atoms with E-state index in [-0.39, 0.29) is 5.92 Å². The number of H-pyrrole nitrogens is 1. The first-order chi connectivity index (χ1) is 10.5. The van der Waals surface area contributed by atoms with Gasteiger partial charge in [-0.1, -0.05) is 44.2 Å². The molecule has 2 aromatic rings. The van der Waals surface area contributed by atoms with E-state index in [0.29, 0.717) is 12.1 Å². The number of carboxylic acids is 1. The molecule has 0 saturated heterocycles. The van der Waals surface area contributed by atoms with E-state index in [2.05, 4.69) is 10.3 Å². The van der Waals surface area contributed by atoms with Gasteiger partial charge < -0.3 is 15.4 Å². The Morgan fingerprint density at radius 2 is 1.82 bits per heavy atom. The molecule has 1 amide bonds. The molecule has 2 rings (SSSR count). The molecule has 116 valence electrons. The van der Waals surface area contributed by atoms with E-state index in [4.69, 9.17) is 0 Å². The van der Waals surface area contributed by atoms with Crippen molar-refractivity contribution in [3.05, 3.63) is 48.2 Å². The zero-order chi connectivity index (χ0) is 16.1. The Hall–Kier alpha value is -2.56. The lowest BCUT2D eigenvalue weighted by molar-refractivity contribution is -0.139. The number of nitrogens with one attached hydrogen (secondary N) is 2. The lowest BCUT2D eigenvalue weighted by atomic mass is 10.0. The Morgan fingerprint density at radius 1 is 1.14 bits per heavy atom. The normalized spacial score (nSPS) is 12.1. The van der Waals surface area contributed by atoms with Crippen molar-refractivity contribution in [1.82, 2.24) is 10.3 Å². The maximum Gasteiger partial charge on any atom is 0.326 e. The van der Waals surface area contributed by atoms with Gasteiger partial charge in [0.15, 0.2) is 0 Å². The van der Waals surface area contributed by atoms with Gasteiger partial charge in [-0.2, -0.15) is 0 Å². The van der Waals surface area contributed by atoms with Crippen LogP contribution in [0.3, 0.4) is 0 Å². The molecule has 22 heavy (non-hydrogen) atoms. The highest BCUT2D eigenvalue weighted by Crippen LogP contribution is 2.18. The summed E-state index contributed by atoms with van der Waals surface area (Å²) in [6.07, 6.45) is 0.396. The molecule has 3 N–H and O–H groups in total. The second kappa shape index (κ2) is 6.93. The van der Waals surface area contributed by atoms with E-state index in [1.165, 1.54) is 0 Å². The van der Waals surface area contributed by atoms with E-state index in [1.807, 2.05) is 50.2 Å². The molecule has 0 radical (unpaired) electrons. The van der Waals surface area contributed by atoms with Gasteiger partial charge >= 0.3 is 5.97 Å². The number of aromatic nitrogens is 1. The van der Waals surface area contributed by atoms with Crippen molar-refractivity contribution in [2.24, 2.45) is 5.92 Å². The van der Waals surface area contributed by atoms with Crippen molar-refractivity contribution in [3.8, 4) is 11.3 Å². The second-order valence-corrected chi connectivity index (χ2v) is 5.65. The number of carbonyl (C=O) groups is 2. The number of hydrogen-bond acceptors (Lipinski definition) is 2. The molecule has 1 unspecified atom stereocenters. The van der Waals surface area contributed by atoms with Gasteiger partial charge in [0, 0.05) is 5.69 Å². The summed E-state index contributed by atoms with van der Waals surface area (Å²) in [7, 11) is 0. The zero-order valence-electron chi connectivity index (χ0n) is 12.7. The number of aliphatic carboxylic acids is 1. The summed E-state index contributed by atoms with van der Waals surface area (Å²) in [5.74, 6) is -1.24. The van der Waals surface area contributed by atoms with Crippen LogP contribution in [0.4, 0.5) is 0 Å². The number of benzene rings is 1. The first kappa shape index (κ1) is 15.8. The van der Waals surface area contributed by atoms with Gasteiger partial charge in [0.1, 0.15) is 11.7 Å². The van der Waals surface area contributed by atoms with Crippen LogP contribution in [-0.4, -0.2) is 28.0 Å². The molecule has 0 aliphatic heterocycles. The Morgan fingerprint density at radius 3 is 2.41 bits per heavy atom. The maximum atomic E-state index is 12.2. The highest BCUT2D eigenvalue weighted by molar-refractivity contribution is 5.95. The molecule has 1 atom stereocenters. The maximum absolute atomic E-state index is 12.2. The number of aromatic amines is 1. The molecule has 0 aliphatic rings. The zero-order valence-corrected chi connectivity index (χ0v) is 12.7. The van der Waals surface area contributed by atoms with E-state index < -0.39 is 17.9 Å². The standard InChI is InChI=1S/C17H20N2O3/c1-11(2)10-15(17(21)22)19-16(20)14-9-8-13(18-14)12-6-4-3-5-7-12/h3-9,11,15,18H,10H2,1-2H3,(H,19,20)(H,21,22). The fourth-order valence-electron chi connectivity index (χ4n) is 2.24. The van der Waals surface area contributed by atoms with E-state index in [0.717, 1.165) is 11.3 Å². The van der Waals surface area contributed by atoms with Crippen LogP contribution in [0.2, 0.25) is 0 Å². The van der Waals surface area contributed by atoms with Crippen molar-refractivity contribution >= 4 is 11.9 Å². The third kappa shape index (κ3) is 3.97. The third-order valence-corrected chi connectivity index (χ3v) is 3.33. The topological polar surface area (TPSA) is 82.2 Å². The minimum Gasteiger partial charge on any atom is -0.480 e. The van der Waals surface area contributed by atoms with Crippen molar-refractivity contribution in [1.29, 1.82) is 0 Å². The third-order valence-electron chi connectivity index (χ3n) is 3.33. The van der Waals surface area contributed by atoms with Crippen LogP contribution < -0.4 is 5.32 Å². The summed E-state index contributed by atoms with van der Waals surface area (Å²) < 4.78 is 0. The summed E-state index contributed by atoms with van der Waals surface area (Å²) in [5.41, 5.74) is 2.15. The minimum atomic E-state index is -1.02. The highest BCUT2D eigenvalue weighted by atomic mass is 16.4. The van der Waals surface area contributed by atoms with Crippen LogP contribution in [0.1, 0.15) is 30.8 Å². The first-order valence-electron chi connectivity index (χ1n) is 7.25. The summed E-state index contributed by atoms with van der Waals surface area (Å²) >= 11 is 0. The molecular weight excluding hydrogens is 280 g/mol. The Labute approximate surface area is 129 Å². The Kier molecular flexibility index (Phi) is 4.99. The average molecular weight is 300 g/mol. The van der Waals surface area contributed by atoms with Gasteiger partial charge in [0.2, 0.25) is 0 Å². The first-order valence-corrected chi connectivity index (χ1v) is 7.25. The quantitative estimate of drug-likeness (QED) is 0.767.